The van der Waals surface area contributed by atoms with Crippen LogP contribution in [-0.2, 0) is 15.8 Å². The maximum absolute atomic E-state index is 12.6. The number of amides is 1. The smallest absolute Gasteiger partial charge is 0.416 e. The van der Waals surface area contributed by atoms with E-state index in [-0.39, 0.29) is 24.3 Å². The van der Waals surface area contributed by atoms with Crippen LogP contribution in [0.15, 0.2) is 24.3 Å². The third kappa shape index (κ3) is 3.39. The van der Waals surface area contributed by atoms with Gasteiger partial charge in [-0.25, -0.2) is 0 Å². The molecule has 1 saturated carbocycles. The number of benzene rings is 1. The summed E-state index contributed by atoms with van der Waals surface area (Å²) in [7, 11) is 0. The van der Waals surface area contributed by atoms with Crippen molar-refractivity contribution in [3.05, 3.63) is 35.4 Å². The number of aliphatic carboxylic acids is 1. The van der Waals surface area contributed by atoms with E-state index in [4.69, 9.17) is 5.11 Å². The van der Waals surface area contributed by atoms with Crippen molar-refractivity contribution in [1.82, 2.24) is 4.90 Å². The molecule has 1 aromatic rings. The number of rotatable bonds is 3. The quantitative estimate of drug-likeness (QED) is 0.919. The van der Waals surface area contributed by atoms with Crippen LogP contribution in [0.3, 0.4) is 0 Å². The number of likely N-dealkylation sites (tertiary alicyclic amines) is 1. The minimum Gasteiger partial charge on any atom is -0.481 e. The molecule has 1 amide bonds. The van der Waals surface area contributed by atoms with E-state index >= 15 is 0 Å². The normalized spacial score (nSPS) is 27.0. The number of carboxylic acid groups (broad SMARTS) is 1. The lowest BCUT2D eigenvalue weighted by Crippen LogP contribution is -2.43. The van der Waals surface area contributed by atoms with Crippen molar-refractivity contribution >= 4 is 11.9 Å². The molecule has 0 bridgehead atoms. The zero-order chi connectivity index (χ0) is 17.5. The van der Waals surface area contributed by atoms with Crippen LogP contribution in [0.25, 0.3) is 0 Å². The molecule has 1 saturated heterocycles. The van der Waals surface area contributed by atoms with Crippen LogP contribution in [-0.4, -0.2) is 35.0 Å². The molecule has 130 valence electrons. The van der Waals surface area contributed by atoms with Crippen LogP contribution in [0, 0.1) is 11.8 Å². The van der Waals surface area contributed by atoms with Crippen molar-refractivity contribution in [2.45, 2.75) is 31.4 Å². The van der Waals surface area contributed by atoms with Crippen LogP contribution in [0.5, 0.6) is 0 Å². The Hall–Kier alpha value is -2.05. The first kappa shape index (κ1) is 16.8. The van der Waals surface area contributed by atoms with Crippen molar-refractivity contribution in [3.63, 3.8) is 0 Å². The molecule has 2 fully saturated rings. The maximum Gasteiger partial charge on any atom is 0.416 e. The van der Waals surface area contributed by atoms with Gasteiger partial charge in [0, 0.05) is 19.0 Å². The Kier molecular flexibility index (Phi) is 4.27. The predicted molar refractivity (Wildman–Crippen MR) is 79.2 cm³/mol. The summed E-state index contributed by atoms with van der Waals surface area (Å²) in [6.45, 7) is 0.781. The Labute approximate surface area is 137 Å². The predicted octanol–water partition coefficient (Wildman–Crippen LogP) is 3.13. The van der Waals surface area contributed by atoms with Crippen LogP contribution >= 0.6 is 0 Å². The lowest BCUT2D eigenvalue weighted by molar-refractivity contribution is -0.146. The number of piperidine rings is 1. The summed E-state index contributed by atoms with van der Waals surface area (Å²) in [5.74, 6) is -1.79. The molecule has 3 rings (SSSR count). The third-order valence-electron chi connectivity index (χ3n) is 4.86. The molecule has 4 nitrogen and oxygen atoms in total. The highest BCUT2D eigenvalue weighted by atomic mass is 19.4. The SMILES string of the molecule is O=C(O)[C@@H]1CCCN(C(=O)[C@@H]2C[C@H]2c2ccc(C(F)(F)F)cc2)C1. The first-order valence-corrected chi connectivity index (χ1v) is 7.96. The molecule has 0 unspecified atom stereocenters. The Bertz CT molecular complexity index is 641. The van der Waals surface area contributed by atoms with Gasteiger partial charge in [-0.1, -0.05) is 12.1 Å². The summed E-state index contributed by atoms with van der Waals surface area (Å²) in [6.07, 6.45) is -2.51. The van der Waals surface area contributed by atoms with E-state index < -0.39 is 23.6 Å². The number of carbonyl (C=O) groups excluding carboxylic acids is 1. The van der Waals surface area contributed by atoms with Gasteiger partial charge in [0.2, 0.25) is 5.91 Å². The van der Waals surface area contributed by atoms with E-state index in [1.807, 2.05) is 0 Å². The number of alkyl halides is 3. The fraction of sp³-hybridized carbons (Fsp3) is 0.529. The first-order chi connectivity index (χ1) is 11.3. The van der Waals surface area contributed by atoms with Gasteiger partial charge in [0.05, 0.1) is 11.5 Å². The lowest BCUT2D eigenvalue weighted by Gasteiger charge is -2.31. The molecule has 1 aromatic carbocycles. The fourth-order valence-electron chi connectivity index (χ4n) is 3.37. The molecule has 1 aliphatic carbocycles. The number of carbonyl (C=O) groups is 2. The van der Waals surface area contributed by atoms with Crippen molar-refractivity contribution < 1.29 is 27.9 Å². The highest BCUT2D eigenvalue weighted by Gasteiger charge is 2.46. The zero-order valence-corrected chi connectivity index (χ0v) is 12.9. The largest absolute Gasteiger partial charge is 0.481 e. The topological polar surface area (TPSA) is 57.6 Å². The Morgan fingerprint density at radius 1 is 1.17 bits per heavy atom. The van der Waals surface area contributed by atoms with E-state index in [1.54, 1.807) is 4.90 Å². The number of carboxylic acids is 1. The average Bonchev–Trinajstić information content (AvgIpc) is 3.34. The third-order valence-corrected chi connectivity index (χ3v) is 4.86. The van der Waals surface area contributed by atoms with Gasteiger partial charge in [0.15, 0.2) is 0 Å². The summed E-state index contributed by atoms with van der Waals surface area (Å²) >= 11 is 0. The monoisotopic (exact) mass is 341 g/mol. The average molecular weight is 341 g/mol. The summed E-state index contributed by atoms with van der Waals surface area (Å²) < 4.78 is 37.7. The molecule has 0 aromatic heterocycles. The minimum absolute atomic E-state index is 0.0648. The van der Waals surface area contributed by atoms with Crippen LogP contribution in [0.2, 0.25) is 0 Å². The van der Waals surface area contributed by atoms with Crippen LogP contribution < -0.4 is 0 Å². The van der Waals surface area contributed by atoms with Gasteiger partial charge in [-0.05, 0) is 42.9 Å². The van der Waals surface area contributed by atoms with Crippen molar-refractivity contribution in [2.75, 3.05) is 13.1 Å². The van der Waals surface area contributed by atoms with Gasteiger partial charge in [-0.2, -0.15) is 13.2 Å². The van der Waals surface area contributed by atoms with Crippen molar-refractivity contribution in [1.29, 1.82) is 0 Å². The number of hydrogen-bond acceptors (Lipinski definition) is 2. The van der Waals surface area contributed by atoms with E-state index in [0.717, 1.165) is 17.7 Å². The summed E-state index contributed by atoms with van der Waals surface area (Å²) in [5, 5.41) is 9.08. The summed E-state index contributed by atoms with van der Waals surface area (Å²) in [4.78, 5) is 25.2. The summed E-state index contributed by atoms with van der Waals surface area (Å²) in [5.41, 5.74) is 0.0308. The van der Waals surface area contributed by atoms with E-state index in [0.29, 0.717) is 25.8 Å². The molecule has 1 aliphatic heterocycles. The van der Waals surface area contributed by atoms with Crippen LogP contribution in [0.4, 0.5) is 13.2 Å². The van der Waals surface area contributed by atoms with Gasteiger partial charge in [-0.15, -0.1) is 0 Å². The van der Waals surface area contributed by atoms with Crippen molar-refractivity contribution in [3.8, 4) is 0 Å². The van der Waals surface area contributed by atoms with Crippen molar-refractivity contribution in [2.24, 2.45) is 11.8 Å². The molecular weight excluding hydrogens is 323 g/mol. The molecule has 0 spiro atoms. The Morgan fingerprint density at radius 2 is 1.83 bits per heavy atom. The van der Waals surface area contributed by atoms with E-state index in [1.165, 1.54) is 12.1 Å². The molecule has 2 aliphatic rings. The number of hydrogen-bond donors (Lipinski definition) is 1. The molecule has 7 heteroatoms. The Morgan fingerprint density at radius 3 is 2.42 bits per heavy atom. The van der Waals surface area contributed by atoms with Gasteiger partial charge in [0.25, 0.3) is 0 Å². The number of halogens is 3. The highest BCUT2D eigenvalue weighted by Crippen LogP contribution is 2.49. The fourth-order valence-corrected chi connectivity index (χ4v) is 3.37. The molecule has 0 radical (unpaired) electrons. The van der Waals surface area contributed by atoms with Gasteiger partial charge in [0.1, 0.15) is 0 Å². The second-order valence-electron chi connectivity index (χ2n) is 6.53. The Balaban J connectivity index is 1.62. The van der Waals surface area contributed by atoms with E-state index in [9.17, 15) is 22.8 Å². The van der Waals surface area contributed by atoms with E-state index in [2.05, 4.69) is 0 Å². The molecular formula is C17H18F3NO3. The van der Waals surface area contributed by atoms with Gasteiger partial charge < -0.3 is 10.0 Å². The second kappa shape index (κ2) is 6.11. The minimum atomic E-state index is -4.36. The second-order valence-corrected chi connectivity index (χ2v) is 6.53. The van der Waals surface area contributed by atoms with Gasteiger partial charge >= 0.3 is 12.1 Å². The molecule has 1 heterocycles. The summed E-state index contributed by atoms with van der Waals surface area (Å²) in [6, 6.07) is 4.93. The maximum atomic E-state index is 12.6. The first-order valence-electron chi connectivity index (χ1n) is 7.96. The standard InChI is InChI=1S/C17H18F3NO3/c18-17(19,20)12-5-3-10(4-6-12)13-8-14(13)15(22)21-7-1-2-11(9-21)16(23)24/h3-6,11,13-14H,1-2,7-9H2,(H,23,24)/t11-,13+,14-/m1/s1. The van der Waals surface area contributed by atoms with Crippen LogP contribution in [0.1, 0.15) is 36.3 Å². The molecule has 1 N–H and O–H groups in total. The molecule has 3 atom stereocenters. The zero-order valence-electron chi connectivity index (χ0n) is 12.9. The number of nitrogens with zero attached hydrogens (tertiary/aromatic N) is 1. The molecule has 24 heavy (non-hydrogen) atoms. The highest BCUT2D eigenvalue weighted by molar-refractivity contribution is 5.84. The van der Waals surface area contributed by atoms with Gasteiger partial charge in [-0.3, -0.25) is 9.59 Å². The lowest BCUT2D eigenvalue weighted by atomic mass is 9.97.